The zero-order valence-electron chi connectivity index (χ0n) is 14.7. The Morgan fingerprint density at radius 3 is 2.37 bits per heavy atom. The Morgan fingerprint density at radius 2 is 1.70 bits per heavy atom. The van der Waals surface area contributed by atoms with Gasteiger partial charge in [-0.2, -0.15) is 13.2 Å². The molecule has 2 aromatic carbocycles. The highest BCUT2D eigenvalue weighted by Gasteiger charge is 2.29. The molecular weight excluding hydrogens is 373 g/mol. The molecule has 0 saturated heterocycles. The standard InChI is InChI=1S/C19H17F3N4S/c1-26(15-5-3-4-6-16(15)27-2)18-11-17(23-12-24-18)25-14-9-7-13(8-10-14)19(20,21)22/h3-12H,1-2H3,(H,23,24,25). The van der Waals surface area contributed by atoms with Crippen LogP contribution in [0.1, 0.15) is 5.56 Å². The van der Waals surface area contributed by atoms with Crippen LogP contribution in [0.5, 0.6) is 0 Å². The van der Waals surface area contributed by atoms with E-state index in [0.29, 0.717) is 17.3 Å². The van der Waals surface area contributed by atoms with Crippen molar-refractivity contribution in [3.63, 3.8) is 0 Å². The summed E-state index contributed by atoms with van der Waals surface area (Å²) in [5, 5.41) is 3.01. The molecule has 140 valence electrons. The lowest BCUT2D eigenvalue weighted by molar-refractivity contribution is -0.137. The van der Waals surface area contributed by atoms with Gasteiger partial charge in [-0.3, -0.25) is 0 Å². The maximum Gasteiger partial charge on any atom is 0.416 e. The van der Waals surface area contributed by atoms with Gasteiger partial charge in [0.2, 0.25) is 0 Å². The monoisotopic (exact) mass is 390 g/mol. The predicted octanol–water partition coefficient (Wildman–Crippen LogP) is 5.73. The molecule has 4 nitrogen and oxygen atoms in total. The Kier molecular flexibility index (Phi) is 5.55. The van der Waals surface area contributed by atoms with Crippen LogP contribution in [0.3, 0.4) is 0 Å². The van der Waals surface area contributed by atoms with Gasteiger partial charge in [0.1, 0.15) is 18.0 Å². The van der Waals surface area contributed by atoms with Crippen LogP contribution in [0.25, 0.3) is 0 Å². The fourth-order valence-corrected chi connectivity index (χ4v) is 3.15. The van der Waals surface area contributed by atoms with Crippen LogP contribution < -0.4 is 10.2 Å². The summed E-state index contributed by atoms with van der Waals surface area (Å²) in [4.78, 5) is 11.5. The van der Waals surface area contributed by atoms with Gasteiger partial charge in [-0.15, -0.1) is 11.8 Å². The third-order valence-electron chi connectivity index (χ3n) is 3.93. The normalized spacial score (nSPS) is 11.3. The van der Waals surface area contributed by atoms with Gasteiger partial charge in [-0.25, -0.2) is 9.97 Å². The van der Waals surface area contributed by atoms with Crippen LogP contribution >= 0.6 is 11.8 Å². The van der Waals surface area contributed by atoms with Crippen LogP contribution in [0, 0.1) is 0 Å². The number of benzene rings is 2. The molecule has 0 fully saturated rings. The number of hydrogen-bond donors (Lipinski definition) is 1. The van der Waals surface area contributed by atoms with Crippen molar-refractivity contribution in [3.8, 4) is 0 Å². The van der Waals surface area contributed by atoms with Gasteiger partial charge in [0.25, 0.3) is 0 Å². The zero-order chi connectivity index (χ0) is 19.4. The van der Waals surface area contributed by atoms with Crippen LogP contribution in [0.4, 0.5) is 36.2 Å². The van der Waals surface area contributed by atoms with Crippen molar-refractivity contribution in [1.82, 2.24) is 9.97 Å². The van der Waals surface area contributed by atoms with E-state index in [9.17, 15) is 13.2 Å². The summed E-state index contributed by atoms with van der Waals surface area (Å²) in [5.41, 5.74) is 0.828. The number of alkyl halides is 3. The second kappa shape index (κ2) is 7.87. The molecule has 27 heavy (non-hydrogen) atoms. The minimum Gasteiger partial charge on any atom is -0.340 e. The molecule has 1 heterocycles. The molecule has 0 aliphatic rings. The number of aromatic nitrogens is 2. The van der Waals surface area contributed by atoms with Crippen molar-refractivity contribution in [2.45, 2.75) is 11.1 Å². The molecule has 1 aromatic heterocycles. The molecule has 0 saturated carbocycles. The van der Waals surface area contributed by atoms with Gasteiger partial charge >= 0.3 is 6.18 Å². The fraction of sp³-hybridized carbons (Fsp3) is 0.158. The highest BCUT2D eigenvalue weighted by atomic mass is 32.2. The summed E-state index contributed by atoms with van der Waals surface area (Å²) in [5.74, 6) is 1.16. The van der Waals surface area contributed by atoms with E-state index in [0.717, 1.165) is 22.7 Å². The zero-order valence-corrected chi connectivity index (χ0v) is 15.5. The molecule has 0 unspecified atom stereocenters. The minimum absolute atomic E-state index is 0.494. The lowest BCUT2D eigenvalue weighted by atomic mass is 10.2. The summed E-state index contributed by atoms with van der Waals surface area (Å²) in [6, 6.07) is 14.5. The predicted molar refractivity (Wildman–Crippen MR) is 103 cm³/mol. The number of nitrogens with one attached hydrogen (secondary N) is 1. The van der Waals surface area contributed by atoms with E-state index >= 15 is 0 Å². The number of halogens is 3. The van der Waals surface area contributed by atoms with Gasteiger partial charge in [0.05, 0.1) is 11.3 Å². The number of anilines is 4. The van der Waals surface area contributed by atoms with Crippen molar-refractivity contribution in [2.24, 2.45) is 0 Å². The van der Waals surface area contributed by atoms with Gasteiger partial charge in [0.15, 0.2) is 0 Å². The third-order valence-corrected chi connectivity index (χ3v) is 4.71. The first kappa shape index (κ1) is 19.0. The number of hydrogen-bond acceptors (Lipinski definition) is 5. The van der Waals surface area contributed by atoms with Crippen molar-refractivity contribution in [3.05, 3.63) is 66.5 Å². The Balaban J connectivity index is 1.81. The van der Waals surface area contributed by atoms with E-state index in [2.05, 4.69) is 15.3 Å². The molecule has 1 N–H and O–H groups in total. The van der Waals surface area contributed by atoms with Gasteiger partial charge < -0.3 is 10.2 Å². The number of rotatable bonds is 5. The Hall–Kier alpha value is -2.74. The van der Waals surface area contributed by atoms with E-state index in [1.54, 1.807) is 17.8 Å². The molecule has 0 spiro atoms. The summed E-state index contributed by atoms with van der Waals surface area (Å²) in [6.45, 7) is 0. The molecule has 3 aromatic rings. The third kappa shape index (κ3) is 4.51. The first-order valence-corrected chi connectivity index (χ1v) is 9.24. The van der Waals surface area contributed by atoms with Crippen LogP contribution in [0.15, 0.2) is 65.8 Å². The van der Waals surface area contributed by atoms with Crippen LogP contribution in [0.2, 0.25) is 0 Å². The second-order valence-electron chi connectivity index (χ2n) is 5.69. The van der Waals surface area contributed by atoms with E-state index in [-0.39, 0.29) is 0 Å². The van der Waals surface area contributed by atoms with Crippen molar-refractivity contribution >= 4 is 34.8 Å². The van der Waals surface area contributed by atoms with Crippen molar-refractivity contribution < 1.29 is 13.2 Å². The molecule has 0 amide bonds. The van der Waals surface area contributed by atoms with E-state index < -0.39 is 11.7 Å². The van der Waals surface area contributed by atoms with E-state index in [1.165, 1.54) is 18.5 Å². The number of nitrogens with zero attached hydrogens (tertiary/aromatic N) is 3. The Labute approximate surface area is 159 Å². The highest BCUT2D eigenvalue weighted by molar-refractivity contribution is 7.98. The lowest BCUT2D eigenvalue weighted by Gasteiger charge is -2.21. The van der Waals surface area contributed by atoms with Crippen LogP contribution in [-0.4, -0.2) is 23.3 Å². The van der Waals surface area contributed by atoms with Gasteiger partial charge in [0, 0.05) is 23.7 Å². The number of thioether (sulfide) groups is 1. The van der Waals surface area contributed by atoms with E-state index in [4.69, 9.17) is 0 Å². The molecular formula is C19H17F3N4S. The topological polar surface area (TPSA) is 41.0 Å². The molecule has 0 aliphatic carbocycles. The first-order valence-electron chi connectivity index (χ1n) is 8.01. The van der Waals surface area contributed by atoms with Crippen LogP contribution in [-0.2, 0) is 6.18 Å². The maximum atomic E-state index is 12.7. The summed E-state index contributed by atoms with van der Waals surface area (Å²) in [6.07, 6.45) is -0.932. The Morgan fingerprint density at radius 1 is 1.00 bits per heavy atom. The highest BCUT2D eigenvalue weighted by Crippen LogP contribution is 2.33. The Bertz CT molecular complexity index is 913. The molecule has 0 aliphatic heterocycles. The second-order valence-corrected chi connectivity index (χ2v) is 6.54. The summed E-state index contributed by atoms with van der Waals surface area (Å²) >= 11 is 1.64. The first-order chi connectivity index (χ1) is 12.9. The molecule has 8 heteroatoms. The SMILES string of the molecule is CSc1ccccc1N(C)c1cc(Nc2ccc(C(F)(F)F)cc2)ncn1. The summed E-state index contributed by atoms with van der Waals surface area (Å²) < 4.78 is 38.0. The smallest absolute Gasteiger partial charge is 0.340 e. The molecule has 0 radical (unpaired) electrons. The average Bonchev–Trinajstić information content (AvgIpc) is 2.67. The fourth-order valence-electron chi connectivity index (χ4n) is 2.52. The summed E-state index contributed by atoms with van der Waals surface area (Å²) in [7, 11) is 1.90. The minimum atomic E-state index is -4.35. The van der Waals surface area contributed by atoms with Gasteiger partial charge in [-0.1, -0.05) is 12.1 Å². The van der Waals surface area contributed by atoms with E-state index in [1.807, 2.05) is 42.5 Å². The quantitative estimate of drug-likeness (QED) is 0.564. The maximum absolute atomic E-state index is 12.7. The molecule has 0 atom stereocenters. The largest absolute Gasteiger partial charge is 0.416 e. The van der Waals surface area contributed by atoms with Crippen molar-refractivity contribution in [1.29, 1.82) is 0 Å². The lowest BCUT2D eigenvalue weighted by Crippen LogP contribution is -2.12. The number of para-hydroxylation sites is 1. The van der Waals surface area contributed by atoms with Gasteiger partial charge in [-0.05, 0) is 42.7 Å². The molecule has 3 rings (SSSR count). The van der Waals surface area contributed by atoms with Crippen molar-refractivity contribution in [2.75, 3.05) is 23.5 Å². The average molecular weight is 390 g/mol. The molecule has 0 bridgehead atoms.